The van der Waals surface area contributed by atoms with Gasteiger partial charge in [-0.1, -0.05) is 36.4 Å². The van der Waals surface area contributed by atoms with Crippen molar-refractivity contribution in [1.29, 1.82) is 0 Å². The summed E-state index contributed by atoms with van der Waals surface area (Å²) in [5.74, 6) is 0.925. The number of hydrogen-bond donors (Lipinski definition) is 2. The van der Waals surface area contributed by atoms with Crippen LogP contribution in [0.4, 0.5) is 0 Å². The van der Waals surface area contributed by atoms with Crippen LogP contribution in [0.15, 0.2) is 42.5 Å². The van der Waals surface area contributed by atoms with Crippen molar-refractivity contribution in [2.24, 2.45) is 0 Å². The topological polar surface area (TPSA) is 49.7 Å². The van der Waals surface area contributed by atoms with Gasteiger partial charge in [-0.25, -0.2) is 0 Å². The van der Waals surface area contributed by atoms with Gasteiger partial charge in [-0.05, 0) is 53.9 Å². The largest absolute Gasteiger partial charge is 0.489 e. The Bertz CT molecular complexity index is 625. The molecular formula is C17H19BO3. The van der Waals surface area contributed by atoms with Crippen LogP contribution in [0.1, 0.15) is 29.5 Å². The van der Waals surface area contributed by atoms with Gasteiger partial charge in [0.25, 0.3) is 0 Å². The van der Waals surface area contributed by atoms with Crippen molar-refractivity contribution in [2.75, 3.05) is 0 Å². The van der Waals surface area contributed by atoms with Crippen LogP contribution in [0.2, 0.25) is 0 Å². The number of aryl methyl sites for hydroxylation is 1. The van der Waals surface area contributed by atoms with Gasteiger partial charge in [-0.3, -0.25) is 0 Å². The summed E-state index contributed by atoms with van der Waals surface area (Å²) < 4.78 is 5.96. The highest BCUT2D eigenvalue weighted by Crippen LogP contribution is 2.29. The third kappa shape index (κ3) is 3.12. The summed E-state index contributed by atoms with van der Waals surface area (Å²) >= 11 is 0. The molecule has 0 fully saturated rings. The van der Waals surface area contributed by atoms with Crippen molar-refractivity contribution in [3.05, 3.63) is 59.2 Å². The molecule has 3 rings (SSSR count). The van der Waals surface area contributed by atoms with Gasteiger partial charge >= 0.3 is 7.12 Å². The number of fused-ring (bicyclic) bond motifs is 1. The van der Waals surface area contributed by atoms with Gasteiger partial charge in [-0.2, -0.15) is 0 Å². The first-order valence-electron chi connectivity index (χ1n) is 7.43. The highest BCUT2D eigenvalue weighted by Gasteiger charge is 2.17. The molecule has 0 saturated heterocycles. The number of rotatable bonds is 4. The Hall–Kier alpha value is -1.78. The zero-order valence-corrected chi connectivity index (χ0v) is 12.0. The Morgan fingerprint density at radius 1 is 0.952 bits per heavy atom. The van der Waals surface area contributed by atoms with E-state index >= 15 is 0 Å². The lowest BCUT2D eigenvalue weighted by molar-refractivity contribution is 0.301. The fraction of sp³-hybridized carbons (Fsp3) is 0.294. The number of benzene rings is 2. The first-order valence-corrected chi connectivity index (χ1v) is 7.43. The molecule has 108 valence electrons. The first kappa shape index (κ1) is 14.2. The maximum Gasteiger partial charge on any atom is 0.488 e. The molecule has 0 aromatic heterocycles. The molecule has 0 unspecified atom stereocenters. The minimum atomic E-state index is -1.46. The van der Waals surface area contributed by atoms with E-state index in [9.17, 15) is 10.0 Å². The summed E-state index contributed by atoms with van der Waals surface area (Å²) in [6.07, 6.45) is 4.64. The smallest absolute Gasteiger partial charge is 0.488 e. The number of hydrogen-bond acceptors (Lipinski definition) is 3. The van der Waals surface area contributed by atoms with Gasteiger partial charge < -0.3 is 14.8 Å². The van der Waals surface area contributed by atoms with Crippen LogP contribution in [-0.4, -0.2) is 17.2 Å². The van der Waals surface area contributed by atoms with E-state index in [-0.39, 0.29) is 0 Å². The Kier molecular flexibility index (Phi) is 4.27. The molecular weight excluding hydrogens is 263 g/mol. The minimum Gasteiger partial charge on any atom is -0.489 e. The fourth-order valence-corrected chi connectivity index (χ4v) is 2.95. The van der Waals surface area contributed by atoms with Gasteiger partial charge in [0, 0.05) is 0 Å². The maximum absolute atomic E-state index is 9.39. The Morgan fingerprint density at radius 3 is 2.62 bits per heavy atom. The molecule has 2 aromatic rings. The Balaban J connectivity index is 1.80. The molecule has 0 saturated carbocycles. The highest BCUT2D eigenvalue weighted by atomic mass is 16.5. The van der Waals surface area contributed by atoms with Crippen molar-refractivity contribution in [3.63, 3.8) is 0 Å². The van der Waals surface area contributed by atoms with E-state index < -0.39 is 7.12 Å². The van der Waals surface area contributed by atoms with Gasteiger partial charge in [0.05, 0.1) is 0 Å². The molecule has 0 radical (unpaired) electrons. The predicted molar refractivity (Wildman–Crippen MR) is 83.7 cm³/mol. The van der Waals surface area contributed by atoms with E-state index in [0.29, 0.717) is 12.1 Å². The maximum atomic E-state index is 9.39. The minimum absolute atomic E-state index is 0.351. The first-order chi connectivity index (χ1) is 10.3. The molecule has 0 spiro atoms. The molecule has 21 heavy (non-hydrogen) atoms. The van der Waals surface area contributed by atoms with Crippen LogP contribution in [-0.2, 0) is 19.4 Å². The van der Waals surface area contributed by atoms with E-state index in [4.69, 9.17) is 4.74 Å². The van der Waals surface area contributed by atoms with Crippen LogP contribution in [0, 0.1) is 0 Å². The lowest BCUT2D eigenvalue weighted by Crippen LogP contribution is -2.33. The van der Waals surface area contributed by atoms with Crippen molar-refractivity contribution >= 4 is 12.6 Å². The molecule has 4 heteroatoms. The average Bonchev–Trinajstić information content (AvgIpc) is 2.53. The lowest BCUT2D eigenvalue weighted by Gasteiger charge is -2.20. The van der Waals surface area contributed by atoms with Crippen molar-refractivity contribution in [3.8, 4) is 5.75 Å². The third-order valence-electron chi connectivity index (χ3n) is 4.07. The van der Waals surface area contributed by atoms with Crippen LogP contribution < -0.4 is 10.2 Å². The highest BCUT2D eigenvalue weighted by molar-refractivity contribution is 6.59. The third-order valence-corrected chi connectivity index (χ3v) is 4.07. The second-order valence-electron chi connectivity index (χ2n) is 5.46. The summed E-state index contributed by atoms with van der Waals surface area (Å²) in [6.45, 7) is 0.351. The zero-order valence-electron chi connectivity index (χ0n) is 12.0. The second kappa shape index (κ2) is 6.33. The standard InChI is InChI=1S/C17H19BO3/c19-18(20)16-10-4-2-7-14(16)12-21-17-11-5-8-13-6-1-3-9-15(13)17/h2,4-5,7-8,10-11,19-20H,1,3,6,9,12H2. The fourth-order valence-electron chi connectivity index (χ4n) is 2.95. The van der Waals surface area contributed by atoms with E-state index in [2.05, 4.69) is 6.07 Å². The summed E-state index contributed by atoms with van der Waals surface area (Å²) in [5.41, 5.74) is 4.00. The van der Waals surface area contributed by atoms with E-state index in [1.54, 1.807) is 12.1 Å². The van der Waals surface area contributed by atoms with E-state index in [0.717, 1.165) is 24.2 Å². The zero-order chi connectivity index (χ0) is 14.7. The Morgan fingerprint density at radius 2 is 1.76 bits per heavy atom. The van der Waals surface area contributed by atoms with Crippen LogP contribution >= 0.6 is 0 Å². The molecule has 1 aliphatic rings. The second-order valence-corrected chi connectivity index (χ2v) is 5.46. The quantitative estimate of drug-likeness (QED) is 0.841. The van der Waals surface area contributed by atoms with Gasteiger partial charge in [-0.15, -0.1) is 0 Å². The molecule has 2 N–H and O–H groups in total. The molecule has 0 amide bonds. The normalized spacial score (nSPS) is 13.6. The molecule has 0 aliphatic heterocycles. The molecule has 0 atom stereocenters. The van der Waals surface area contributed by atoms with Crippen LogP contribution in [0.25, 0.3) is 0 Å². The van der Waals surface area contributed by atoms with Crippen LogP contribution in [0.3, 0.4) is 0 Å². The van der Waals surface area contributed by atoms with E-state index in [1.807, 2.05) is 24.3 Å². The predicted octanol–water partition coefficient (Wildman–Crippen LogP) is 1.82. The van der Waals surface area contributed by atoms with E-state index in [1.165, 1.54) is 24.0 Å². The van der Waals surface area contributed by atoms with Crippen molar-refractivity contribution in [2.45, 2.75) is 32.3 Å². The Labute approximate surface area is 125 Å². The van der Waals surface area contributed by atoms with Gasteiger partial charge in [0.2, 0.25) is 0 Å². The molecule has 3 nitrogen and oxygen atoms in total. The summed E-state index contributed by atoms with van der Waals surface area (Å²) in [5, 5.41) is 18.8. The van der Waals surface area contributed by atoms with Gasteiger partial charge in [0.1, 0.15) is 12.4 Å². The van der Waals surface area contributed by atoms with Crippen molar-refractivity contribution < 1.29 is 14.8 Å². The van der Waals surface area contributed by atoms with Crippen molar-refractivity contribution in [1.82, 2.24) is 0 Å². The summed E-state index contributed by atoms with van der Waals surface area (Å²) in [6, 6.07) is 13.5. The van der Waals surface area contributed by atoms with Gasteiger partial charge in [0.15, 0.2) is 0 Å². The monoisotopic (exact) mass is 282 g/mol. The lowest BCUT2D eigenvalue weighted by atomic mass is 9.77. The summed E-state index contributed by atoms with van der Waals surface area (Å²) in [7, 11) is -1.46. The average molecular weight is 282 g/mol. The SMILES string of the molecule is OB(O)c1ccccc1COc1cccc2c1CCCC2. The molecule has 2 aromatic carbocycles. The summed E-state index contributed by atoms with van der Waals surface area (Å²) in [4.78, 5) is 0. The molecule has 0 heterocycles. The molecule has 1 aliphatic carbocycles. The molecule has 0 bridgehead atoms. The number of ether oxygens (including phenoxy) is 1. The van der Waals surface area contributed by atoms with Crippen LogP contribution in [0.5, 0.6) is 5.75 Å².